The Hall–Kier alpha value is -2.26. The van der Waals surface area contributed by atoms with Gasteiger partial charge in [-0.05, 0) is 24.6 Å². The molecule has 2 rings (SSSR count). The first-order chi connectivity index (χ1) is 7.31. The van der Waals surface area contributed by atoms with Crippen LogP contribution in [0.15, 0.2) is 18.3 Å². The number of nitriles is 1. The van der Waals surface area contributed by atoms with Crippen LogP contribution in [0.2, 0.25) is 0 Å². The minimum Gasteiger partial charge on any atom is -0.278 e. The summed E-state index contributed by atoms with van der Waals surface area (Å²) in [4.78, 5) is 0. The summed E-state index contributed by atoms with van der Waals surface area (Å²) in [7, 11) is 0. The molecule has 72 valence electrons. The topological polar surface area (TPSA) is 52.5 Å². The molecule has 3 nitrogen and oxygen atoms in total. The van der Waals surface area contributed by atoms with E-state index in [1.54, 1.807) is 6.20 Å². The zero-order chi connectivity index (χ0) is 10.7. The van der Waals surface area contributed by atoms with E-state index in [-0.39, 0.29) is 6.42 Å². The monoisotopic (exact) mass is 195 g/mol. The molecule has 0 aliphatic rings. The second-order valence-corrected chi connectivity index (χ2v) is 3.26. The van der Waals surface area contributed by atoms with Crippen LogP contribution in [-0.4, -0.2) is 10.2 Å². The number of aromatic nitrogens is 2. The number of fused-ring (bicyclic) bond motifs is 1. The molecular weight excluding hydrogens is 186 g/mol. The van der Waals surface area contributed by atoms with Gasteiger partial charge in [0, 0.05) is 10.9 Å². The second-order valence-electron chi connectivity index (χ2n) is 3.26. The summed E-state index contributed by atoms with van der Waals surface area (Å²) in [5.74, 6) is 5.79. The van der Waals surface area contributed by atoms with Gasteiger partial charge in [0.2, 0.25) is 0 Å². The molecule has 1 heterocycles. The Labute approximate surface area is 87.7 Å². The highest BCUT2D eigenvalue weighted by molar-refractivity contribution is 5.80. The van der Waals surface area contributed by atoms with E-state index in [0.29, 0.717) is 0 Å². The van der Waals surface area contributed by atoms with Gasteiger partial charge in [0.15, 0.2) is 0 Å². The van der Waals surface area contributed by atoms with Crippen molar-refractivity contribution in [3.63, 3.8) is 0 Å². The van der Waals surface area contributed by atoms with Crippen molar-refractivity contribution < 1.29 is 0 Å². The van der Waals surface area contributed by atoms with Crippen LogP contribution in [0.4, 0.5) is 0 Å². The highest BCUT2D eigenvalue weighted by Crippen LogP contribution is 2.16. The van der Waals surface area contributed by atoms with Gasteiger partial charge >= 0.3 is 0 Å². The first kappa shape index (κ1) is 9.30. The lowest BCUT2D eigenvalue weighted by Gasteiger charge is -1.97. The lowest BCUT2D eigenvalue weighted by Crippen LogP contribution is -1.82. The lowest BCUT2D eigenvalue weighted by molar-refractivity contribution is 1.12. The first-order valence-corrected chi connectivity index (χ1v) is 4.61. The number of rotatable bonds is 0. The van der Waals surface area contributed by atoms with Gasteiger partial charge in [-0.3, -0.25) is 5.10 Å². The summed E-state index contributed by atoms with van der Waals surface area (Å²) >= 11 is 0. The average molecular weight is 195 g/mol. The maximum Gasteiger partial charge on any atom is 0.0966 e. The van der Waals surface area contributed by atoms with Crippen molar-refractivity contribution in [2.75, 3.05) is 0 Å². The van der Waals surface area contributed by atoms with Crippen molar-refractivity contribution in [1.82, 2.24) is 10.2 Å². The fourth-order valence-corrected chi connectivity index (χ4v) is 1.41. The largest absolute Gasteiger partial charge is 0.278 e. The Kier molecular flexibility index (Phi) is 2.39. The molecule has 1 N–H and O–H groups in total. The highest BCUT2D eigenvalue weighted by Gasteiger charge is 2.00. The number of aryl methyl sites for hydroxylation is 1. The molecular formula is C12H9N3. The number of benzene rings is 1. The molecule has 0 saturated carbocycles. The van der Waals surface area contributed by atoms with Crippen LogP contribution < -0.4 is 0 Å². The Bertz CT molecular complexity index is 591. The van der Waals surface area contributed by atoms with Gasteiger partial charge in [0.05, 0.1) is 24.2 Å². The Balaban J connectivity index is 2.48. The summed E-state index contributed by atoms with van der Waals surface area (Å²) in [6, 6.07) is 5.99. The number of nitrogens with one attached hydrogen (secondary N) is 1. The van der Waals surface area contributed by atoms with E-state index in [2.05, 4.69) is 22.0 Å². The molecule has 3 heteroatoms. The fourth-order valence-electron chi connectivity index (χ4n) is 1.41. The SMILES string of the molecule is Cc1cc2[nH]ncc2cc1C#CCC#N. The van der Waals surface area contributed by atoms with Crippen molar-refractivity contribution in [2.24, 2.45) is 0 Å². The Morgan fingerprint density at radius 2 is 2.33 bits per heavy atom. The molecule has 0 bridgehead atoms. The van der Waals surface area contributed by atoms with E-state index >= 15 is 0 Å². The third-order valence-corrected chi connectivity index (χ3v) is 2.18. The van der Waals surface area contributed by atoms with E-state index in [1.807, 2.05) is 25.1 Å². The van der Waals surface area contributed by atoms with Crippen molar-refractivity contribution >= 4 is 10.9 Å². The van der Waals surface area contributed by atoms with Gasteiger partial charge < -0.3 is 0 Å². The summed E-state index contributed by atoms with van der Waals surface area (Å²) in [6.07, 6.45) is 2.03. The zero-order valence-corrected chi connectivity index (χ0v) is 8.33. The molecule has 0 saturated heterocycles. The molecule has 0 spiro atoms. The summed E-state index contributed by atoms with van der Waals surface area (Å²) in [6.45, 7) is 2.00. The average Bonchev–Trinajstić information content (AvgIpc) is 2.65. The number of aromatic amines is 1. The molecule has 0 aliphatic heterocycles. The normalized spacial score (nSPS) is 9.33. The number of nitrogens with zero attached hydrogens (tertiary/aromatic N) is 2. The van der Waals surface area contributed by atoms with E-state index in [0.717, 1.165) is 22.0 Å². The van der Waals surface area contributed by atoms with Crippen LogP contribution in [-0.2, 0) is 0 Å². The Morgan fingerprint density at radius 1 is 1.47 bits per heavy atom. The molecule has 1 aromatic heterocycles. The smallest absolute Gasteiger partial charge is 0.0966 e. The lowest BCUT2D eigenvalue weighted by atomic mass is 10.1. The maximum absolute atomic E-state index is 8.38. The predicted octanol–water partition coefficient (Wildman–Crippen LogP) is 2.14. The van der Waals surface area contributed by atoms with E-state index in [9.17, 15) is 0 Å². The van der Waals surface area contributed by atoms with Gasteiger partial charge in [0.1, 0.15) is 0 Å². The van der Waals surface area contributed by atoms with Crippen molar-refractivity contribution in [3.05, 3.63) is 29.5 Å². The zero-order valence-electron chi connectivity index (χ0n) is 8.33. The molecule has 1 aromatic carbocycles. The van der Waals surface area contributed by atoms with Crippen molar-refractivity contribution in [1.29, 1.82) is 5.26 Å². The summed E-state index contributed by atoms with van der Waals surface area (Å²) in [5.41, 5.74) is 3.06. The minimum atomic E-state index is 0.267. The number of hydrogen-bond donors (Lipinski definition) is 1. The Morgan fingerprint density at radius 3 is 3.13 bits per heavy atom. The van der Waals surface area contributed by atoms with Crippen molar-refractivity contribution in [3.8, 4) is 17.9 Å². The van der Waals surface area contributed by atoms with Gasteiger partial charge in [0.25, 0.3) is 0 Å². The maximum atomic E-state index is 8.38. The summed E-state index contributed by atoms with van der Waals surface area (Å²) < 4.78 is 0. The molecule has 0 radical (unpaired) electrons. The van der Waals surface area contributed by atoms with Gasteiger partial charge in [-0.1, -0.05) is 11.8 Å². The van der Waals surface area contributed by atoms with Gasteiger partial charge in [-0.15, -0.1) is 0 Å². The molecule has 0 atom stereocenters. The number of H-pyrrole nitrogens is 1. The number of hydrogen-bond acceptors (Lipinski definition) is 2. The van der Waals surface area contributed by atoms with Crippen molar-refractivity contribution in [2.45, 2.75) is 13.3 Å². The molecule has 15 heavy (non-hydrogen) atoms. The van der Waals surface area contributed by atoms with Crippen LogP contribution in [0.1, 0.15) is 17.5 Å². The van der Waals surface area contributed by atoms with Gasteiger partial charge in [-0.2, -0.15) is 10.4 Å². The van der Waals surface area contributed by atoms with Crippen LogP contribution >= 0.6 is 0 Å². The first-order valence-electron chi connectivity index (χ1n) is 4.61. The highest BCUT2D eigenvalue weighted by atomic mass is 15.1. The molecule has 0 fully saturated rings. The van der Waals surface area contributed by atoms with Crippen LogP contribution in [0.25, 0.3) is 10.9 Å². The van der Waals surface area contributed by atoms with Crippen LogP contribution in [0.5, 0.6) is 0 Å². The second kappa shape index (κ2) is 3.86. The summed E-state index contributed by atoms with van der Waals surface area (Å²) in [5, 5.41) is 16.3. The standard InChI is InChI=1S/C12H9N3/c1-9-6-12-11(8-14-15-12)7-10(9)4-2-3-5-13/h6-8H,3H2,1H3,(H,14,15). The van der Waals surface area contributed by atoms with E-state index < -0.39 is 0 Å². The van der Waals surface area contributed by atoms with Crippen LogP contribution in [0.3, 0.4) is 0 Å². The minimum absolute atomic E-state index is 0.267. The fraction of sp³-hybridized carbons (Fsp3) is 0.167. The molecule has 0 unspecified atom stereocenters. The van der Waals surface area contributed by atoms with E-state index in [1.165, 1.54) is 0 Å². The quantitative estimate of drug-likeness (QED) is 0.655. The molecule has 0 aliphatic carbocycles. The van der Waals surface area contributed by atoms with E-state index in [4.69, 9.17) is 5.26 Å². The third kappa shape index (κ3) is 1.82. The predicted molar refractivity (Wildman–Crippen MR) is 57.9 cm³/mol. The van der Waals surface area contributed by atoms with Gasteiger partial charge in [-0.25, -0.2) is 0 Å². The molecule has 2 aromatic rings. The van der Waals surface area contributed by atoms with Crippen LogP contribution in [0, 0.1) is 30.1 Å². The molecule has 0 amide bonds. The third-order valence-electron chi connectivity index (χ3n) is 2.18.